The van der Waals surface area contributed by atoms with Crippen molar-refractivity contribution in [1.82, 2.24) is 0 Å². The largest absolute Gasteiger partial charge is 1.00 e. The Kier molecular flexibility index (Phi) is 184. The van der Waals surface area contributed by atoms with E-state index in [1.54, 1.807) is 0 Å². The van der Waals surface area contributed by atoms with Crippen molar-refractivity contribution in [2.45, 2.75) is 0 Å². The summed E-state index contributed by atoms with van der Waals surface area (Å²) in [6.07, 6.45) is 0. The van der Waals surface area contributed by atoms with E-state index in [4.69, 9.17) is 11.8 Å². The molecule has 0 amide bonds. The first kappa shape index (κ1) is 26.9. The van der Waals surface area contributed by atoms with E-state index < -0.39 is 0 Å². The van der Waals surface area contributed by atoms with Gasteiger partial charge in [0.1, 0.15) is 0 Å². The van der Waals surface area contributed by atoms with Crippen LogP contribution in [0.25, 0.3) is 0 Å². The van der Waals surface area contributed by atoms with Gasteiger partial charge in [0.25, 0.3) is 0 Å². The van der Waals surface area contributed by atoms with Gasteiger partial charge in [-0.05, 0) is 0 Å². The summed E-state index contributed by atoms with van der Waals surface area (Å²) in [5.74, 6) is 0. The smallest absolute Gasteiger partial charge is 1.00 e. The molecular formula is CHFeKNV-. The molecule has 0 aliphatic rings. The predicted octanol–water partition coefficient (Wildman–Crippen LogP) is -2.79. The third-order valence-corrected chi connectivity index (χ3v) is 0. The van der Waals surface area contributed by atoms with E-state index in [1.165, 1.54) is 0 Å². The topological polar surface area (TPSA) is 23.8 Å². The van der Waals surface area contributed by atoms with E-state index in [0.29, 0.717) is 0 Å². The summed E-state index contributed by atoms with van der Waals surface area (Å²) in [6.45, 7) is 4.75. The van der Waals surface area contributed by atoms with E-state index in [1.807, 2.05) is 0 Å². The average molecular weight is 173 g/mol. The zero-order chi connectivity index (χ0) is 2.00. The summed E-state index contributed by atoms with van der Waals surface area (Å²) < 4.78 is 0. The van der Waals surface area contributed by atoms with Gasteiger partial charge in [-0.2, -0.15) is 0 Å². The van der Waals surface area contributed by atoms with E-state index in [2.05, 4.69) is 0 Å². The SMILES string of the molecule is [C-]#N.[Fe].[H-].[K+].[V]. The van der Waals surface area contributed by atoms with Crippen molar-refractivity contribution in [1.29, 1.82) is 5.26 Å². The Labute approximate surface area is 98.1 Å². The van der Waals surface area contributed by atoms with Crippen LogP contribution in [0.1, 0.15) is 1.43 Å². The van der Waals surface area contributed by atoms with Gasteiger partial charge in [0, 0.05) is 35.6 Å². The van der Waals surface area contributed by atoms with Crippen LogP contribution < -0.4 is 51.4 Å². The van der Waals surface area contributed by atoms with Crippen molar-refractivity contribution >= 4 is 0 Å². The minimum Gasteiger partial charge on any atom is -1.00 e. The van der Waals surface area contributed by atoms with Crippen LogP contribution >= 0.6 is 0 Å². The fourth-order valence-corrected chi connectivity index (χ4v) is 0. The van der Waals surface area contributed by atoms with Crippen LogP contribution in [-0.2, 0) is 35.6 Å². The summed E-state index contributed by atoms with van der Waals surface area (Å²) in [7, 11) is 0. The molecule has 5 heavy (non-hydrogen) atoms. The maximum Gasteiger partial charge on any atom is 1.00 e. The maximum absolute atomic E-state index is 6.25. The van der Waals surface area contributed by atoms with Gasteiger partial charge in [-0.3, -0.25) is 0 Å². The van der Waals surface area contributed by atoms with Crippen molar-refractivity contribution < 1.29 is 88.4 Å². The van der Waals surface area contributed by atoms with Gasteiger partial charge < -0.3 is 13.3 Å². The predicted molar refractivity (Wildman–Crippen MR) is 6.08 cm³/mol. The molecule has 0 spiro atoms. The molecule has 25 valence electrons. The Morgan fingerprint density at radius 2 is 1.40 bits per heavy atom. The Bertz CT molecular complexity index is 20.3. The number of hydrogen-bond donors (Lipinski definition) is 0. The van der Waals surface area contributed by atoms with Gasteiger partial charge in [0.15, 0.2) is 0 Å². The van der Waals surface area contributed by atoms with E-state index in [9.17, 15) is 0 Å². The Morgan fingerprint density at radius 3 is 1.40 bits per heavy atom. The first-order valence-electron chi connectivity index (χ1n) is 0.224. The fourth-order valence-electron chi connectivity index (χ4n) is 0. The molecule has 0 N–H and O–H groups in total. The normalized spacial score (nSPS) is 0.400. The molecule has 0 saturated heterocycles. The van der Waals surface area contributed by atoms with E-state index in [0.717, 1.165) is 0 Å². The molecule has 0 aliphatic heterocycles. The van der Waals surface area contributed by atoms with Crippen molar-refractivity contribution in [3.05, 3.63) is 6.57 Å². The molecule has 1 nitrogen and oxygen atoms in total. The van der Waals surface area contributed by atoms with Crippen LogP contribution in [0.3, 0.4) is 0 Å². The van der Waals surface area contributed by atoms with Crippen LogP contribution in [0.2, 0.25) is 0 Å². The van der Waals surface area contributed by atoms with Crippen LogP contribution in [-0.4, -0.2) is 0 Å². The van der Waals surface area contributed by atoms with Crippen molar-refractivity contribution in [2.24, 2.45) is 0 Å². The third-order valence-electron chi connectivity index (χ3n) is 0. The van der Waals surface area contributed by atoms with Crippen molar-refractivity contribution in [3.63, 3.8) is 0 Å². The Hall–Kier alpha value is 2.23. The van der Waals surface area contributed by atoms with Crippen LogP contribution in [0.4, 0.5) is 0 Å². The molecule has 1 radical (unpaired) electrons. The van der Waals surface area contributed by atoms with Gasteiger partial charge in [0.2, 0.25) is 0 Å². The van der Waals surface area contributed by atoms with Crippen LogP contribution in [0.15, 0.2) is 0 Å². The summed E-state index contributed by atoms with van der Waals surface area (Å²) >= 11 is 0. The summed E-state index contributed by atoms with van der Waals surface area (Å²) in [6, 6.07) is 0. The first-order chi connectivity index (χ1) is 1.00. The maximum atomic E-state index is 6.25. The summed E-state index contributed by atoms with van der Waals surface area (Å²) in [4.78, 5) is 0. The molecule has 0 fully saturated rings. The molecule has 0 saturated carbocycles. The third kappa shape index (κ3) is 22.4. The van der Waals surface area contributed by atoms with Crippen molar-refractivity contribution in [2.75, 3.05) is 0 Å². The molecule has 0 aliphatic carbocycles. The molecule has 0 aromatic rings. The zero-order valence-corrected chi connectivity index (χ0v) is 8.37. The molecule has 0 heterocycles. The van der Waals surface area contributed by atoms with Gasteiger partial charge in [-0.15, -0.1) is 0 Å². The minimum absolute atomic E-state index is 0. The van der Waals surface area contributed by atoms with Crippen LogP contribution in [0, 0.1) is 11.8 Å². The second kappa shape index (κ2) is 34.3. The number of rotatable bonds is 0. The molecule has 0 atom stereocenters. The minimum atomic E-state index is 0. The second-order valence-corrected chi connectivity index (χ2v) is 0. The summed E-state index contributed by atoms with van der Waals surface area (Å²) in [5.41, 5.74) is 0. The number of hydrogen-bond acceptors (Lipinski definition) is 1. The Morgan fingerprint density at radius 1 is 1.40 bits per heavy atom. The molecule has 0 rings (SSSR count). The molecule has 0 bridgehead atoms. The van der Waals surface area contributed by atoms with E-state index in [-0.39, 0.29) is 88.4 Å². The van der Waals surface area contributed by atoms with Gasteiger partial charge in [-0.1, -0.05) is 0 Å². The quantitative estimate of drug-likeness (QED) is 0.287. The van der Waals surface area contributed by atoms with Gasteiger partial charge in [-0.25, -0.2) is 0 Å². The van der Waals surface area contributed by atoms with E-state index >= 15 is 0 Å². The second-order valence-electron chi connectivity index (χ2n) is 0. The summed E-state index contributed by atoms with van der Waals surface area (Å²) in [5, 5.41) is 6.25. The number of nitrogens with zero attached hydrogens (tertiary/aromatic N) is 1. The Balaban J connectivity index is -0.000000000833. The molecule has 0 aromatic carbocycles. The van der Waals surface area contributed by atoms with Crippen LogP contribution in [0.5, 0.6) is 0 Å². The average Bonchev–Trinajstić information content (AvgIpc) is 1.00. The first-order valence-corrected chi connectivity index (χ1v) is 0.224. The molecular weight excluding hydrogens is 172 g/mol. The van der Waals surface area contributed by atoms with Gasteiger partial charge in [0.05, 0.1) is 0 Å². The van der Waals surface area contributed by atoms with Gasteiger partial charge >= 0.3 is 51.4 Å². The fraction of sp³-hybridized carbons (Fsp3) is 0. The molecule has 0 unspecified atom stereocenters. The van der Waals surface area contributed by atoms with Crippen molar-refractivity contribution in [3.8, 4) is 0 Å². The monoisotopic (exact) mass is 173 g/mol. The zero-order valence-electron chi connectivity index (χ0n) is 3.75. The molecule has 0 aromatic heterocycles. The standard InChI is InChI=1S/CN.Fe.K.V.H/c1-2;;;;/q-1;;+1;;-1. The molecule has 4 heteroatoms.